The molecule has 1 atom stereocenters. The highest BCUT2D eigenvalue weighted by Gasteiger charge is 2.32. The van der Waals surface area contributed by atoms with E-state index in [1.807, 2.05) is 36.1 Å². The summed E-state index contributed by atoms with van der Waals surface area (Å²) in [5, 5.41) is 4.14. The molecule has 0 radical (unpaired) electrons. The molecule has 10 heteroatoms. The average molecular weight is 560 g/mol. The highest BCUT2D eigenvalue weighted by Crippen LogP contribution is 2.34. The van der Waals surface area contributed by atoms with Crippen molar-refractivity contribution in [2.75, 3.05) is 45.7 Å². The summed E-state index contributed by atoms with van der Waals surface area (Å²) in [6, 6.07) is 8.02. The molecule has 3 heterocycles. The largest absolute Gasteiger partial charge is 0.494 e. The van der Waals surface area contributed by atoms with Gasteiger partial charge in [-0.05, 0) is 73.9 Å². The predicted molar refractivity (Wildman–Crippen MR) is 143 cm³/mol. The SMILES string of the molecule is Cc1nc(C(=O)N2CCCC2CNc2ncc(Br)cn2)c(-c2cccc(OCCCN(C)C)c2)s1. The van der Waals surface area contributed by atoms with Crippen molar-refractivity contribution in [3.05, 3.63) is 51.8 Å². The van der Waals surface area contributed by atoms with Crippen LogP contribution in [0.25, 0.3) is 10.4 Å². The number of nitrogens with zero attached hydrogens (tertiary/aromatic N) is 5. The molecule has 1 N–H and O–H groups in total. The molecule has 0 bridgehead atoms. The summed E-state index contributed by atoms with van der Waals surface area (Å²) < 4.78 is 6.79. The van der Waals surface area contributed by atoms with E-state index >= 15 is 0 Å². The third-order valence-corrected chi connectivity index (χ3v) is 7.23. The molecule has 1 unspecified atom stereocenters. The highest BCUT2D eigenvalue weighted by atomic mass is 79.9. The van der Waals surface area contributed by atoms with E-state index in [9.17, 15) is 4.79 Å². The van der Waals surface area contributed by atoms with Crippen molar-refractivity contribution < 1.29 is 9.53 Å². The van der Waals surface area contributed by atoms with Crippen LogP contribution in [0.3, 0.4) is 0 Å². The molecule has 8 nitrogen and oxygen atoms in total. The van der Waals surface area contributed by atoms with Crippen LogP contribution >= 0.6 is 27.3 Å². The Hall–Kier alpha value is -2.56. The fourth-order valence-corrected chi connectivity index (χ4v) is 5.24. The number of aryl methyl sites for hydroxylation is 1. The van der Waals surface area contributed by atoms with E-state index in [1.54, 1.807) is 23.7 Å². The zero-order valence-electron chi connectivity index (χ0n) is 20.3. The zero-order chi connectivity index (χ0) is 24.8. The summed E-state index contributed by atoms with van der Waals surface area (Å²) in [4.78, 5) is 31.8. The second kappa shape index (κ2) is 11.9. The van der Waals surface area contributed by atoms with Gasteiger partial charge in [0.25, 0.3) is 5.91 Å². The number of halogens is 1. The van der Waals surface area contributed by atoms with Crippen LogP contribution in [0.5, 0.6) is 5.75 Å². The maximum atomic E-state index is 13.6. The monoisotopic (exact) mass is 558 g/mol. The summed E-state index contributed by atoms with van der Waals surface area (Å²) in [5.41, 5.74) is 1.48. The Morgan fingerprint density at radius 2 is 2.11 bits per heavy atom. The Bertz CT molecular complexity index is 1140. The normalized spacial score (nSPS) is 15.6. The second-order valence-corrected chi connectivity index (χ2v) is 11.0. The van der Waals surface area contributed by atoms with Gasteiger partial charge in [-0.3, -0.25) is 4.79 Å². The van der Waals surface area contributed by atoms with E-state index in [0.29, 0.717) is 24.8 Å². The molecule has 1 aliphatic rings. The molecule has 186 valence electrons. The predicted octanol–water partition coefficient (Wildman–Crippen LogP) is 4.72. The molecule has 3 aromatic rings. The number of aromatic nitrogens is 3. The third kappa shape index (κ3) is 6.77. The number of anilines is 1. The van der Waals surface area contributed by atoms with Gasteiger partial charge in [-0.25, -0.2) is 15.0 Å². The molecule has 35 heavy (non-hydrogen) atoms. The summed E-state index contributed by atoms with van der Waals surface area (Å²) in [6.45, 7) is 4.89. The van der Waals surface area contributed by atoms with E-state index in [1.165, 1.54) is 0 Å². The molecule has 1 amide bonds. The van der Waals surface area contributed by atoms with Crippen molar-refractivity contribution in [3.63, 3.8) is 0 Å². The first-order valence-corrected chi connectivity index (χ1v) is 13.4. The van der Waals surface area contributed by atoms with Gasteiger partial charge < -0.3 is 19.9 Å². The van der Waals surface area contributed by atoms with Crippen molar-refractivity contribution in [2.45, 2.75) is 32.2 Å². The minimum absolute atomic E-state index is 0.0253. The fraction of sp³-hybridized carbons (Fsp3) is 0.440. The van der Waals surface area contributed by atoms with Crippen molar-refractivity contribution in [1.29, 1.82) is 0 Å². The van der Waals surface area contributed by atoms with Crippen LogP contribution in [0.15, 0.2) is 41.1 Å². The van der Waals surface area contributed by atoms with Crippen molar-refractivity contribution >= 4 is 39.1 Å². The summed E-state index contributed by atoms with van der Waals surface area (Å²) in [7, 11) is 4.11. The molecule has 1 saturated heterocycles. The van der Waals surface area contributed by atoms with Gasteiger partial charge in [-0.1, -0.05) is 12.1 Å². The zero-order valence-corrected chi connectivity index (χ0v) is 22.7. The molecule has 4 rings (SSSR count). The van der Waals surface area contributed by atoms with Crippen molar-refractivity contribution in [3.8, 4) is 16.2 Å². The Morgan fingerprint density at radius 3 is 2.89 bits per heavy atom. The molecular weight excluding hydrogens is 528 g/mol. The second-order valence-electron chi connectivity index (χ2n) is 8.84. The summed E-state index contributed by atoms with van der Waals surface area (Å²) in [5.74, 6) is 1.34. The van der Waals surface area contributed by atoms with Gasteiger partial charge in [-0.15, -0.1) is 11.3 Å². The third-order valence-electron chi connectivity index (χ3n) is 5.81. The molecule has 1 aromatic carbocycles. The standard InChI is InChI=1S/C25H31BrN6O2S/c1-17-30-22(23(35-17)18-7-4-9-21(13-18)34-12-6-10-31(2)3)24(33)32-11-5-8-20(32)16-29-25-27-14-19(26)15-28-25/h4,7,9,13-15,20H,5-6,8,10-12,16H2,1-3H3,(H,27,28,29). The number of amides is 1. The Kier molecular flexibility index (Phi) is 8.69. The molecule has 0 aliphatic carbocycles. The van der Waals surface area contributed by atoms with E-state index in [4.69, 9.17) is 4.74 Å². The van der Waals surface area contributed by atoms with Crippen LogP contribution in [0.4, 0.5) is 5.95 Å². The minimum atomic E-state index is -0.0253. The van der Waals surface area contributed by atoms with Crippen LogP contribution in [0.2, 0.25) is 0 Å². The minimum Gasteiger partial charge on any atom is -0.494 e. The molecule has 1 aliphatic heterocycles. The number of ether oxygens (including phenoxy) is 1. The number of rotatable bonds is 10. The van der Waals surface area contributed by atoms with Gasteiger partial charge in [0.1, 0.15) is 11.4 Å². The lowest BCUT2D eigenvalue weighted by Gasteiger charge is -2.24. The quantitative estimate of drug-likeness (QED) is 0.360. The average Bonchev–Trinajstić information content (AvgIpc) is 3.48. The first-order chi connectivity index (χ1) is 16.9. The number of thiazole rings is 1. The van der Waals surface area contributed by atoms with Crippen LogP contribution in [-0.4, -0.2) is 77.0 Å². The van der Waals surface area contributed by atoms with Gasteiger partial charge in [0.05, 0.1) is 21.0 Å². The maximum Gasteiger partial charge on any atom is 0.274 e. The van der Waals surface area contributed by atoms with E-state index < -0.39 is 0 Å². The number of carbonyl (C=O) groups is 1. The number of likely N-dealkylation sites (tertiary alicyclic amines) is 1. The van der Waals surface area contributed by atoms with Crippen LogP contribution in [0.1, 0.15) is 34.8 Å². The lowest BCUT2D eigenvalue weighted by atomic mass is 10.1. The Labute approximate surface area is 218 Å². The summed E-state index contributed by atoms with van der Waals surface area (Å²) in [6.07, 6.45) is 6.27. The van der Waals surface area contributed by atoms with Gasteiger partial charge in [0, 0.05) is 38.1 Å². The van der Waals surface area contributed by atoms with Gasteiger partial charge in [0.2, 0.25) is 5.95 Å². The van der Waals surface area contributed by atoms with Crippen LogP contribution < -0.4 is 10.1 Å². The number of hydrogen-bond acceptors (Lipinski definition) is 8. The Morgan fingerprint density at radius 1 is 1.31 bits per heavy atom. The van der Waals surface area contributed by atoms with Crippen LogP contribution in [-0.2, 0) is 0 Å². The van der Waals surface area contributed by atoms with E-state index in [-0.39, 0.29) is 11.9 Å². The van der Waals surface area contributed by atoms with Gasteiger partial charge in [0.15, 0.2) is 0 Å². The number of hydrogen-bond donors (Lipinski definition) is 1. The molecular formula is C25H31BrN6O2S. The fourth-order valence-electron chi connectivity index (χ4n) is 4.13. The molecule has 0 saturated carbocycles. The van der Waals surface area contributed by atoms with Crippen LogP contribution in [0, 0.1) is 6.92 Å². The lowest BCUT2D eigenvalue weighted by Crippen LogP contribution is -2.40. The molecule has 2 aromatic heterocycles. The Balaban J connectivity index is 1.46. The first-order valence-electron chi connectivity index (χ1n) is 11.8. The van der Waals surface area contributed by atoms with Gasteiger partial charge >= 0.3 is 0 Å². The summed E-state index contributed by atoms with van der Waals surface area (Å²) >= 11 is 4.90. The number of nitrogens with one attached hydrogen (secondary N) is 1. The first kappa shape index (κ1) is 25.5. The van der Waals surface area contributed by atoms with E-state index in [2.05, 4.69) is 55.2 Å². The highest BCUT2D eigenvalue weighted by molar-refractivity contribution is 9.10. The smallest absolute Gasteiger partial charge is 0.274 e. The maximum absolute atomic E-state index is 13.6. The lowest BCUT2D eigenvalue weighted by molar-refractivity contribution is 0.0739. The van der Waals surface area contributed by atoms with E-state index in [0.717, 1.165) is 58.0 Å². The topological polar surface area (TPSA) is 83.5 Å². The van der Waals surface area contributed by atoms with Crippen molar-refractivity contribution in [2.24, 2.45) is 0 Å². The van der Waals surface area contributed by atoms with Crippen molar-refractivity contribution in [1.82, 2.24) is 24.8 Å². The number of benzene rings is 1. The van der Waals surface area contributed by atoms with Gasteiger partial charge in [-0.2, -0.15) is 0 Å². The number of carbonyl (C=O) groups excluding carboxylic acids is 1. The molecule has 0 spiro atoms. The molecule has 1 fully saturated rings.